The van der Waals surface area contributed by atoms with Crippen LogP contribution in [0.4, 0.5) is 0 Å². The summed E-state index contributed by atoms with van der Waals surface area (Å²) in [6, 6.07) is 8.96. The van der Waals surface area contributed by atoms with Crippen LogP contribution in [0.3, 0.4) is 0 Å². The number of halogens is 1. The molecule has 0 saturated heterocycles. The third-order valence-electron chi connectivity index (χ3n) is 1.75. The zero-order valence-corrected chi connectivity index (χ0v) is 9.14. The Bertz CT molecular complexity index is 533. The van der Waals surface area contributed by atoms with Crippen molar-refractivity contribution in [1.29, 1.82) is 5.26 Å². The van der Waals surface area contributed by atoms with Crippen molar-refractivity contribution in [3.63, 3.8) is 0 Å². The molecule has 0 spiro atoms. The summed E-state index contributed by atoms with van der Waals surface area (Å²) in [5.74, 6) is 0. The third-order valence-corrected chi connectivity index (χ3v) is 2.13. The maximum atomic E-state index is 8.71. The number of hydrogen-bond acceptors (Lipinski definition) is 4. The van der Waals surface area contributed by atoms with Crippen LogP contribution in [-0.2, 0) is 0 Å². The summed E-state index contributed by atoms with van der Waals surface area (Å²) < 4.78 is 0.504. The lowest BCUT2D eigenvalue weighted by atomic mass is 10.2. The largest absolute Gasteiger partial charge is 0.235 e. The van der Waals surface area contributed by atoms with Gasteiger partial charge in [-0.3, -0.25) is 0 Å². The molecule has 0 saturated carbocycles. The number of nitrogens with zero attached hydrogens (tertiary/aromatic N) is 4. The molecule has 2 aromatic heterocycles. The lowest BCUT2D eigenvalue weighted by Gasteiger charge is -1.99. The van der Waals surface area contributed by atoms with E-state index in [0.29, 0.717) is 21.8 Å². The molecule has 0 aliphatic heterocycles. The smallest absolute Gasteiger partial charge is 0.197 e. The molecule has 0 unspecified atom stereocenters. The predicted molar refractivity (Wildman–Crippen MR) is 57.7 cm³/mol. The summed E-state index contributed by atoms with van der Waals surface area (Å²) in [6.07, 6.45) is 1.63. The molecule has 5 heteroatoms. The van der Waals surface area contributed by atoms with Gasteiger partial charge in [0.1, 0.15) is 11.8 Å². The van der Waals surface area contributed by atoms with E-state index < -0.39 is 0 Å². The van der Waals surface area contributed by atoms with Crippen LogP contribution in [0.5, 0.6) is 0 Å². The Morgan fingerprint density at radius 3 is 2.67 bits per heavy atom. The summed E-state index contributed by atoms with van der Waals surface area (Å²) in [4.78, 5) is 12.2. The highest BCUT2D eigenvalue weighted by atomic mass is 79.9. The molecule has 0 bridgehead atoms. The number of aromatic nitrogens is 3. The van der Waals surface area contributed by atoms with Gasteiger partial charge in [0.05, 0.1) is 11.4 Å². The summed E-state index contributed by atoms with van der Waals surface area (Å²) >= 11 is 3.18. The topological polar surface area (TPSA) is 62.5 Å². The maximum Gasteiger partial charge on any atom is 0.197 e. The molecular weight excluding hydrogens is 256 g/mol. The van der Waals surface area contributed by atoms with Crippen molar-refractivity contribution in [2.24, 2.45) is 0 Å². The van der Waals surface area contributed by atoms with E-state index in [0.717, 1.165) is 0 Å². The summed E-state index contributed by atoms with van der Waals surface area (Å²) in [7, 11) is 0. The van der Waals surface area contributed by atoms with E-state index in [2.05, 4.69) is 30.9 Å². The highest BCUT2D eigenvalue weighted by Crippen LogP contribution is 2.15. The molecule has 0 fully saturated rings. The second-order valence-corrected chi connectivity index (χ2v) is 3.44. The first-order valence-electron chi connectivity index (χ1n) is 4.15. The monoisotopic (exact) mass is 260 g/mol. The molecular formula is C10H5BrN4. The predicted octanol–water partition coefficient (Wildman–Crippen LogP) is 2.17. The van der Waals surface area contributed by atoms with Crippen LogP contribution in [-0.4, -0.2) is 15.0 Å². The first-order valence-corrected chi connectivity index (χ1v) is 4.95. The highest BCUT2D eigenvalue weighted by molar-refractivity contribution is 9.10. The molecule has 0 aliphatic carbocycles. The number of pyridine rings is 1. The lowest BCUT2D eigenvalue weighted by Crippen LogP contribution is -1.91. The normalized spacial score (nSPS) is 9.60. The minimum Gasteiger partial charge on any atom is -0.235 e. The molecule has 0 atom stereocenters. The van der Waals surface area contributed by atoms with Gasteiger partial charge in [0.15, 0.2) is 4.73 Å². The van der Waals surface area contributed by atoms with E-state index >= 15 is 0 Å². The van der Waals surface area contributed by atoms with E-state index in [-0.39, 0.29) is 0 Å². The minimum absolute atomic E-state index is 0.377. The van der Waals surface area contributed by atoms with Crippen molar-refractivity contribution >= 4 is 15.9 Å². The third kappa shape index (κ3) is 2.17. The SMILES string of the molecule is N#Cc1cccc(-c2ccnc(Br)n2)n1. The van der Waals surface area contributed by atoms with Gasteiger partial charge >= 0.3 is 0 Å². The quantitative estimate of drug-likeness (QED) is 0.738. The lowest BCUT2D eigenvalue weighted by molar-refractivity contribution is 1.10. The maximum absolute atomic E-state index is 8.71. The average Bonchev–Trinajstić information content (AvgIpc) is 2.29. The van der Waals surface area contributed by atoms with Crippen molar-refractivity contribution in [1.82, 2.24) is 15.0 Å². The molecule has 15 heavy (non-hydrogen) atoms. The van der Waals surface area contributed by atoms with Crippen LogP contribution in [0.1, 0.15) is 5.69 Å². The zero-order chi connectivity index (χ0) is 10.7. The van der Waals surface area contributed by atoms with Crippen molar-refractivity contribution < 1.29 is 0 Å². The van der Waals surface area contributed by atoms with Crippen molar-refractivity contribution in [3.05, 3.63) is 40.9 Å². The van der Waals surface area contributed by atoms with Crippen molar-refractivity contribution in [2.75, 3.05) is 0 Å². The summed E-state index contributed by atoms with van der Waals surface area (Å²) in [6.45, 7) is 0. The molecule has 4 nitrogen and oxygen atoms in total. The fraction of sp³-hybridized carbons (Fsp3) is 0. The Balaban J connectivity index is 2.50. The second-order valence-electron chi connectivity index (χ2n) is 2.73. The Morgan fingerprint density at radius 1 is 1.13 bits per heavy atom. The van der Waals surface area contributed by atoms with Crippen LogP contribution in [0, 0.1) is 11.3 Å². The Hall–Kier alpha value is -1.80. The van der Waals surface area contributed by atoms with Crippen molar-refractivity contribution in [2.45, 2.75) is 0 Å². The highest BCUT2D eigenvalue weighted by Gasteiger charge is 2.02. The van der Waals surface area contributed by atoms with Crippen LogP contribution >= 0.6 is 15.9 Å². The Morgan fingerprint density at radius 2 is 1.93 bits per heavy atom. The van der Waals surface area contributed by atoms with Gasteiger partial charge in [-0.05, 0) is 34.1 Å². The first-order chi connectivity index (χ1) is 7.29. The first kappa shape index (κ1) is 9.74. The number of nitriles is 1. The Labute approximate surface area is 94.8 Å². The summed E-state index contributed by atoms with van der Waals surface area (Å²) in [5, 5.41) is 8.71. The summed E-state index contributed by atoms with van der Waals surface area (Å²) in [5.41, 5.74) is 1.73. The molecule has 0 aromatic carbocycles. The van der Waals surface area contributed by atoms with Crippen molar-refractivity contribution in [3.8, 4) is 17.5 Å². The van der Waals surface area contributed by atoms with Gasteiger partial charge in [0.2, 0.25) is 0 Å². The Kier molecular flexibility index (Phi) is 2.70. The van der Waals surface area contributed by atoms with Crippen LogP contribution < -0.4 is 0 Å². The number of rotatable bonds is 1. The molecule has 2 aromatic rings. The fourth-order valence-corrected chi connectivity index (χ4v) is 1.43. The molecule has 72 valence electrons. The van der Waals surface area contributed by atoms with Gasteiger partial charge < -0.3 is 0 Å². The number of hydrogen-bond donors (Lipinski definition) is 0. The van der Waals surface area contributed by atoms with E-state index in [1.165, 1.54) is 0 Å². The molecule has 0 aliphatic rings. The standard InChI is InChI=1S/C10H5BrN4/c11-10-13-5-4-9(15-10)8-3-1-2-7(6-12)14-8/h1-5H. The van der Waals surface area contributed by atoms with Crippen LogP contribution in [0.15, 0.2) is 35.2 Å². The van der Waals surface area contributed by atoms with Crippen LogP contribution in [0.2, 0.25) is 0 Å². The van der Waals surface area contributed by atoms with Gasteiger partial charge in [-0.25, -0.2) is 15.0 Å². The molecule has 0 radical (unpaired) electrons. The zero-order valence-electron chi connectivity index (χ0n) is 7.55. The van der Waals surface area contributed by atoms with E-state index in [4.69, 9.17) is 5.26 Å². The molecule has 0 N–H and O–H groups in total. The van der Waals surface area contributed by atoms with E-state index in [1.807, 2.05) is 6.07 Å². The minimum atomic E-state index is 0.377. The van der Waals surface area contributed by atoms with Gasteiger partial charge in [-0.2, -0.15) is 5.26 Å². The van der Waals surface area contributed by atoms with Crippen LogP contribution in [0.25, 0.3) is 11.4 Å². The molecule has 2 rings (SSSR count). The van der Waals surface area contributed by atoms with Gasteiger partial charge in [0.25, 0.3) is 0 Å². The van der Waals surface area contributed by atoms with Gasteiger partial charge in [0, 0.05) is 6.20 Å². The second kappa shape index (κ2) is 4.15. The van der Waals surface area contributed by atoms with Gasteiger partial charge in [-0.15, -0.1) is 0 Å². The molecule has 0 amide bonds. The van der Waals surface area contributed by atoms with E-state index in [1.54, 1.807) is 30.5 Å². The molecule has 2 heterocycles. The average molecular weight is 261 g/mol. The van der Waals surface area contributed by atoms with Gasteiger partial charge in [-0.1, -0.05) is 6.07 Å². The van der Waals surface area contributed by atoms with E-state index in [9.17, 15) is 0 Å². The fourth-order valence-electron chi connectivity index (χ4n) is 1.12.